The summed E-state index contributed by atoms with van der Waals surface area (Å²) in [5, 5.41) is 9.90. The summed E-state index contributed by atoms with van der Waals surface area (Å²) in [4.78, 5) is 19.8. The van der Waals surface area contributed by atoms with E-state index in [4.69, 9.17) is 11.5 Å². The number of carbonyl (C=O) groups excluding carboxylic acids is 1. The standard InChI is InChI=1S/C13H21N5O2/c1-17(2)6-9-4-10(19)7-18(9)13-11(12(15)20)3-8(14)5-16-13/h3,5,9-10,19H,4,6-7,14H2,1-2H3,(H2,15,20). The zero-order valence-corrected chi connectivity index (χ0v) is 11.8. The van der Waals surface area contributed by atoms with Gasteiger partial charge in [0.25, 0.3) is 5.91 Å². The van der Waals surface area contributed by atoms with Crippen LogP contribution in [0.25, 0.3) is 0 Å². The maximum Gasteiger partial charge on any atom is 0.252 e. The first-order chi connectivity index (χ1) is 9.38. The van der Waals surface area contributed by atoms with E-state index in [2.05, 4.69) is 4.98 Å². The van der Waals surface area contributed by atoms with Gasteiger partial charge in [-0.3, -0.25) is 4.79 Å². The molecule has 1 aromatic rings. The molecule has 2 unspecified atom stereocenters. The molecule has 0 radical (unpaired) electrons. The largest absolute Gasteiger partial charge is 0.397 e. The number of primary amides is 1. The van der Waals surface area contributed by atoms with Crippen LogP contribution >= 0.6 is 0 Å². The third kappa shape index (κ3) is 3.00. The number of rotatable bonds is 4. The summed E-state index contributed by atoms with van der Waals surface area (Å²) < 4.78 is 0. The molecule has 1 fully saturated rings. The summed E-state index contributed by atoms with van der Waals surface area (Å²) in [5.41, 5.74) is 11.7. The van der Waals surface area contributed by atoms with E-state index in [0.717, 1.165) is 6.54 Å². The first-order valence-corrected chi connectivity index (χ1v) is 6.53. The second kappa shape index (κ2) is 5.64. The molecule has 0 aromatic carbocycles. The Morgan fingerprint density at radius 2 is 2.30 bits per heavy atom. The molecule has 1 aliphatic rings. The number of likely N-dealkylation sites (N-methyl/N-ethyl adjacent to an activating group) is 1. The van der Waals surface area contributed by atoms with E-state index < -0.39 is 12.0 Å². The van der Waals surface area contributed by atoms with E-state index >= 15 is 0 Å². The molecule has 2 atom stereocenters. The number of β-amino-alcohol motifs (C(OH)–C–C–N with tert-alkyl or cyclic N) is 1. The predicted molar refractivity (Wildman–Crippen MR) is 77.5 cm³/mol. The number of hydrogen-bond acceptors (Lipinski definition) is 6. The average molecular weight is 279 g/mol. The number of hydrogen-bond donors (Lipinski definition) is 3. The molecule has 110 valence electrons. The van der Waals surface area contributed by atoms with Gasteiger partial charge in [0, 0.05) is 19.1 Å². The number of anilines is 2. The Labute approximate surface area is 118 Å². The molecule has 0 aliphatic carbocycles. The van der Waals surface area contributed by atoms with Crippen LogP contribution in [0, 0.1) is 0 Å². The minimum atomic E-state index is -0.565. The van der Waals surface area contributed by atoms with Crippen molar-refractivity contribution in [1.29, 1.82) is 0 Å². The van der Waals surface area contributed by atoms with Gasteiger partial charge in [-0.15, -0.1) is 0 Å². The molecule has 1 aliphatic heterocycles. The molecule has 7 heteroatoms. The number of aliphatic hydroxyl groups excluding tert-OH is 1. The van der Waals surface area contributed by atoms with E-state index in [1.54, 1.807) is 0 Å². The second-order valence-electron chi connectivity index (χ2n) is 5.46. The van der Waals surface area contributed by atoms with E-state index in [1.807, 2.05) is 23.9 Å². The Morgan fingerprint density at radius 1 is 1.60 bits per heavy atom. The Kier molecular flexibility index (Phi) is 4.10. The topological polar surface area (TPSA) is 109 Å². The van der Waals surface area contributed by atoms with Crippen molar-refractivity contribution in [2.24, 2.45) is 5.73 Å². The van der Waals surface area contributed by atoms with E-state index in [1.165, 1.54) is 12.3 Å². The Bertz CT molecular complexity index is 506. The quantitative estimate of drug-likeness (QED) is 0.670. The lowest BCUT2D eigenvalue weighted by molar-refractivity contribution is 0.100. The smallest absolute Gasteiger partial charge is 0.252 e. The fourth-order valence-corrected chi connectivity index (χ4v) is 2.63. The summed E-state index contributed by atoms with van der Waals surface area (Å²) in [7, 11) is 3.93. The monoisotopic (exact) mass is 279 g/mol. The maximum absolute atomic E-state index is 11.6. The molecule has 1 amide bonds. The van der Waals surface area contributed by atoms with E-state index in [0.29, 0.717) is 30.0 Å². The molecule has 1 aromatic heterocycles. The molecular formula is C13H21N5O2. The lowest BCUT2D eigenvalue weighted by Crippen LogP contribution is -2.39. The van der Waals surface area contributed by atoms with Gasteiger partial charge < -0.3 is 26.4 Å². The number of nitrogens with zero attached hydrogens (tertiary/aromatic N) is 3. The van der Waals surface area contributed by atoms with Crippen molar-refractivity contribution in [3.63, 3.8) is 0 Å². The Morgan fingerprint density at radius 3 is 2.90 bits per heavy atom. The minimum Gasteiger partial charge on any atom is -0.397 e. The molecule has 0 bridgehead atoms. The number of carbonyl (C=O) groups is 1. The van der Waals surface area contributed by atoms with Crippen molar-refractivity contribution in [2.75, 3.05) is 37.8 Å². The SMILES string of the molecule is CN(C)CC1CC(O)CN1c1ncc(N)cc1C(N)=O. The fraction of sp³-hybridized carbons (Fsp3) is 0.538. The number of nitrogen functional groups attached to an aromatic ring is 1. The maximum atomic E-state index is 11.6. The van der Waals surface area contributed by atoms with Crippen LogP contribution < -0.4 is 16.4 Å². The highest BCUT2D eigenvalue weighted by atomic mass is 16.3. The van der Waals surface area contributed by atoms with Gasteiger partial charge in [-0.2, -0.15) is 0 Å². The predicted octanol–water partition coefficient (Wildman–Crippen LogP) is -0.736. The number of aliphatic hydroxyl groups is 1. The van der Waals surface area contributed by atoms with E-state index in [9.17, 15) is 9.90 Å². The van der Waals surface area contributed by atoms with Crippen LogP contribution in [0.15, 0.2) is 12.3 Å². The molecule has 5 N–H and O–H groups in total. The van der Waals surface area contributed by atoms with Crippen molar-refractivity contribution in [3.05, 3.63) is 17.8 Å². The third-order valence-electron chi connectivity index (χ3n) is 3.39. The van der Waals surface area contributed by atoms with Gasteiger partial charge in [-0.25, -0.2) is 4.98 Å². The number of amides is 1. The van der Waals surface area contributed by atoms with Crippen LogP contribution in [0.3, 0.4) is 0 Å². The first-order valence-electron chi connectivity index (χ1n) is 6.53. The zero-order valence-electron chi connectivity index (χ0n) is 11.8. The van der Waals surface area contributed by atoms with Crippen LogP contribution in [0.2, 0.25) is 0 Å². The van der Waals surface area contributed by atoms with Crippen LogP contribution in [0.1, 0.15) is 16.8 Å². The lowest BCUT2D eigenvalue weighted by atomic mass is 10.1. The van der Waals surface area contributed by atoms with Crippen LogP contribution in [-0.4, -0.2) is 60.2 Å². The number of nitrogens with two attached hydrogens (primary N) is 2. The Balaban J connectivity index is 2.36. The fourth-order valence-electron chi connectivity index (χ4n) is 2.63. The van der Waals surface area contributed by atoms with Crippen molar-refractivity contribution in [1.82, 2.24) is 9.88 Å². The number of aromatic nitrogens is 1. The number of pyridine rings is 1. The van der Waals surface area contributed by atoms with Gasteiger partial charge in [-0.1, -0.05) is 0 Å². The highest BCUT2D eigenvalue weighted by Gasteiger charge is 2.34. The lowest BCUT2D eigenvalue weighted by Gasteiger charge is -2.28. The second-order valence-corrected chi connectivity index (χ2v) is 5.46. The highest BCUT2D eigenvalue weighted by molar-refractivity contribution is 5.98. The van der Waals surface area contributed by atoms with Crippen molar-refractivity contribution in [3.8, 4) is 0 Å². The third-order valence-corrected chi connectivity index (χ3v) is 3.39. The molecule has 2 heterocycles. The van der Waals surface area contributed by atoms with Gasteiger partial charge in [-0.05, 0) is 26.6 Å². The highest BCUT2D eigenvalue weighted by Crippen LogP contribution is 2.28. The summed E-state index contributed by atoms with van der Waals surface area (Å²) in [5.74, 6) is -0.0695. The van der Waals surface area contributed by atoms with Gasteiger partial charge >= 0.3 is 0 Å². The van der Waals surface area contributed by atoms with Gasteiger partial charge in [0.05, 0.1) is 23.6 Å². The molecule has 2 rings (SSSR count). The van der Waals surface area contributed by atoms with Crippen molar-refractivity contribution >= 4 is 17.4 Å². The van der Waals surface area contributed by atoms with Gasteiger partial charge in [0.1, 0.15) is 5.82 Å². The van der Waals surface area contributed by atoms with E-state index in [-0.39, 0.29) is 6.04 Å². The minimum absolute atomic E-state index is 0.0919. The van der Waals surface area contributed by atoms with Crippen molar-refractivity contribution in [2.45, 2.75) is 18.6 Å². The normalized spacial score (nSPS) is 22.5. The molecule has 0 saturated carbocycles. The van der Waals surface area contributed by atoms with Crippen LogP contribution in [0.4, 0.5) is 11.5 Å². The summed E-state index contributed by atoms with van der Waals surface area (Å²) in [6, 6.07) is 1.62. The van der Waals surface area contributed by atoms with Gasteiger partial charge in [0.15, 0.2) is 0 Å². The van der Waals surface area contributed by atoms with Crippen molar-refractivity contribution < 1.29 is 9.90 Å². The average Bonchev–Trinajstić information content (AvgIpc) is 2.69. The van der Waals surface area contributed by atoms with Crippen LogP contribution in [-0.2, 0) is 0 Å². The molecule has 7 nitrogen and oxygen atoms in total. The molecular weight excluding hydrogens is 258 g/mol. The van der Waals surface area contributed by atoms with Crippen LogP contribution in [0.5, 0.6) is 0 Å². The summed E-state index contributed by atoms with van der Waals surface area (Å²) >= 11 is 0. The first kappa shape index (κ1) is 14.5. The summed E-state index contributed by atoms with van der Waals surface area (Å²) in [6.45, 7) is 1.21. The molecule has 1 saturated heterocycles. The molecule has 20 heavy (non-hydrogen) atoms. The zero-order chi connectivity index (χ0) is 14.9. The summed E-state index contributed by atoms with van der Waals surface area (Å²) in [6.07, 6.45) is 1.71. The molecule has 0 spiro atoms. The van der Waals surface area contributed by atoms with Gasteiger partial charge in [0.2, 0.25) is 0 Å². The Hall–Kier alpha value is -1.86.